The number of nitrogens with zero attached hydrogens (tertiary/aromatic N) is 3. The van der Waals surface area contributed by atoms with Gasteiger partial charge in [0.2, 0.25) is 0 Å². The molecule has 3 aromatic carbocycles. The predicted molar refractivity (Wildman–Crippen MR) is 144 cm³/mol. The zero-order valence-corrected chi connectivity index (χ0v) is 21.4. The summed E-state index contributed by atoms with van der Waals surface area (Å²) in [6, 6.07) is 23.1. The molecule has 0 bridgehead atoms. The van der Waals surface area contributed by atoms with Crippen molar-refractivity contribution in [3.8, 4) is 11.5 Å². The minimum absolute atomic E-state index is 0. The van der Waals surface area contributed by atoms with Gasteiger partial charge in [-0.1, -0.05) is 49.4 Å². The first kappa shape index (κ1) is 25.7. The molecule has 0 aliphatic carbocycles. The van der Waals surface area contributed by atoms with Crippen LogP contribution in [0.5, 0.6) is 11.5 Å². The third-order valence-corrected chi connectivity index (χ3v) is 6.66. The van der Waals surface area contributed by atoms with Gasteiger partial charge in [-0.15, -0.1) is 12.4 Å². The van der Waals surface area contributed by atoms with Gasteiger partial charge in [0, 0.05) is 18.7 Å². The zero-order valence-electron chi connectivity index (χ0n) is 19.7. The maximum atomic E-state index is 13.6. The molecule has 0 spiro atoms. The SMILES string of the molecule is CCN(CC)CCN(C(=O)c1ccc(Oc2ccccc2)cc1)c1nc2ccc(C)cc2s1.Cl. The topological polar surface area (TPSA) is 45.7 Å². The van der Waals surface area contributed by atoms with Crippen molar-refractivity contribution in [1.29, 1.82) is 0 Å². The van der Waals surface area contributed by atoms with Gasteiger partial charge in [-0.25, -0.2) is 4.98 Å². The number of hydrogen-bond acceptors (Lipinski definition) is 5. The molecule has 7 heteroatoms. The Morgan fingerprint density at radius 1 is 0.912 bits per heavy atom. The van der Waals surface area contributed by atoms with Crippen molar-refractivity contribution >= 4 is 45.0 Å². The second-order valence-corrected chi connectivity index (χ2v) is 8.90. The molecule has 4 rings (SSSR count). The lowest BCUT2D eigenvalue weighted by Crippen LogP contribution is -2.38. The Morgan fingerprint density at radius 2 is 1.59 bits per heavy atom. The fraction of sp³-hybridized carbons (Fsp3) is 0.259. The Hall–Kier alpha value is -2.93. The summed E-state index contributed by atoms with van der Waals surface area (Å²) < 4.78 is 6.97. The number of hydrogen-bond donors (Lipinski definition) is 0. The average Bonchev–Trinajstić information content (AvgIpc) is 3.25. The summed E-state index contributed by atoms with van der Waals surface area (Å²) >= 11 is 1.57. The smallest absolute Gasteiger partial charge is 0.260 e. The second-order valence-electron chi connectivity index (χ2n) is 7.89. The van der Waals surface area contributed by atoms with Crippen LogP contribution in [0.4, 0.5) is 5.13 Å². The Bertz CT molecular complexity index is 1210. The van der Waals surface area contributed by atoms with Crippen molar-refractivity contribution < 1.29 is 9.53 Å². The highest BCUT2D eigenvalue weighted by Gasteiger charge is 2.22. The molecule has 0 unspecified atom stereocenters. The lowest BCUT2D eigenvalue weighted by Gasteiger charge is -2.24. The highest BCUT2D eigenvalue weighted by molar-refractivity contribution is 7.22. The lowest BCUT2D eigenvalue weighted by atomic mass is 10.2. The number of aryl methyl sites for hydroxylation is 1. The van der Waals surface area contributed by atoms with Crippen molar-refractivity contribution in [2.24, 2.45) is 0 Å². The largest absolute Gasteiger partial charge is 0.457 e. The first-order valence-electron chi connectivity index (χ1n) is 11.3. The van der Waals surface area contributed by atoms with Crippen LogP contribution in [0, 0.1) is 6.92 Å². The Kier molecular flexibility index (Phi) is 9.05. The number of likely N-dealkylation sites (N-methyl/N-ethyl adjacent to an activating group) is 1. The van der Waals surface area contributed by atoms with Crippen LogP contribution in [0.15, 0.2) is 72.8 Å². The molecular formula is C27H30ClN3O2S. The highest BCUT2D eigenvalue weighted by Crippen LogP contribution is 2.31. The van der Waals surface area contributed by atoms with E-state index in [-0.39, 0.29) is 18.3 Å². The van der Waals surface area contributed by atoms with E-state index in [0.29, 0.717) is 17.9 Å². The van der Waals surface area contributed by atoms with E-state index in [4.69, 9.17) is 9.72 Å². The fourth-order valence-electron chi connectivity index (χ4n) is 3.65. The minimum Gasteiger partial charge on any atom is -0.457 e. The van der Waals surface area contributed by atoms with Gasteiger partial charge >= 0.3 is 0 Å². The molecule has 178 valence electrons. The van der Waals surface area contributed by atoms with Crippen LogP contribution in [0.3, 0.4) is 0 Å². The van der Waals surface area contributed by atoms with Gasteiger partial charge in [0.25, 0.3) is 5.91 Å². The fourth-order valence-corrected chi connectivity index (χ4v) is 4.73. The summed E-state index contributed by atoms with van der Waals surface area (Å²) in [5, 5.41) is 0.734. The molecule has 1 heterocycles. The summed E-state index contributed by atoms with van der Waals surface area (Å²) in [5.74, 6) is 1.41. The molecule has 34 heavy (non-hydrogen) atoms. The van der Waals surface area contributed by atoms with Gasteiger partial charge < -0.3 is 9.64 Å². The van der Waals surface area contributed by atoms with Crippen LogP contribution in [-0.4, -0.2) is 42.0 Å². The molecule has 0 radical (unpaired) electrons. The highest BCUT2D eigenvalue weighted by atomic mass is 35.5. The number of carbonyl (C=O) groups excluding carboxylic acids is 1. The van der Waals surface area contributed by atoms with Crippen LogP contribution >= 0.6 is 23.7 Å². The number of carbonyl (C=O) groups is 1. The Labute approximate surface area is 211 Å². The summed E-state index contributed by atoms with van der Waals surface area (Å²) in [4.78, 5) is 22.5. The van der Waals surface area contributed by atoms with Crippen molar-refractivity contribution in [2.75, 3.05) is 31.1 Å². The quantitative estimate of drug-likeness (QED) is 0.256. The number of benzene rings is 3. The van der Waals surface area contributed by atoms with Gasteiger partial charge in [0.05, 0.1) is 10.2 Å². The normalized spacial score (nSPS) is 10.8. The van der Waals surface area contributed by atoms with Crippen LogP contribution in [0.2, 0.25) is 0 Å². The number of anilines is 1. The van der Waals surface area contributed by atoms with Crippen LogP contribution in [0.1, 0.15) is 29.8 Å². The first-order valence-corrected chi connectivity index (χ1v) is 12.1. The summed E-state index contributed by atoms with van der Waals surface area (Å²) in [6.07, 6.45) is 0. The summed E-state index contributed by atoms with van der Waals surface area (Å²) in [6.45, 7) is 9.63. The maximum Gasteiger partial charge on any atom is 0.260 e. The number of amides is 1. The number of ether oxygens (including phenoxy) is 1. The van der Waals surface area contributed by atoms with Gasteiger partial charge in [-0.05, 0) is 74.1 Å². The molecule has 1 aromatic heterocycles. The summed E-state index contributed by atoms with van der Waals surface area (Å²) in [7, 11) is 0. The van der Waals surface area contributed by atoms with Gasteiger partial charge in [0.1, 0.15) is 11.5 Å². The molecule has 0 aliphatic heterocycles. The molecule has 1 amide bonds. The van der Waals surface area contributed by atoms with Crippen LogP contribution in [0.25, 0.3) is 10.2 Å². The molecule has 0 fully saturated rings. The number of rotatable bonds is 9. The molecule has 5 nitrogen and oxygen atoms in total. The molecule has 4 aromatic rings. The minimum atomic E-state index is -0.0517. The van der Waals surface area contributed by atoms with Gasteiger partial charge in [-0.2, -0.15) is 0 Å². The molecule has 0 saturated carbocycles. The molecule has 0 aliphatic rings. The number of fused-ring (bicyclic) bond motifs is 1. The standard InChI is InChI=1S/C27H29N3O2S.ClH/c1-4-29(5-2)17-18-30(27-28-24-16-11-20(3)19-25(24)33-27)26(31)21-12-14-23(15-13-21)32-22-9-7-6-8-10-22;/h6-16,19H,4-5,17-18H2,1-3H3;1H. The van der Waals surface area contributed by atoms with E-state index < -0.39 is 0 Å². The zero-order chi connectivity index (χ0) is 23.2. The lowest BCUT2D eigenvalue weighted by molar-refractivity contribution is 0.0984. The number of thiazole rings is 1. The molecular weight excluding hydrogens is 466 g/mol. The van der Waals surface area contributed by atoms with E-state index in [2.05, 4.69) is 37.8 Å². The van der Waals surface area contributed by atoms with Crippen LogP contribution < -0.4 is 9.64 Å². The molecule has 0 N–H and O–H groups in total. The molecule has 0 atom stereocenters. The maximum absolute atomic E-state index is 13.6. The van der Waals surface area contributed by atoms with E-state index in [1.807, 2.05) is 65.6 Å². The van der Waals surface area contributed by atoms with Gasteiger partial charge in [0.15, 0.2) is 5.13 Å². The monoisotopic (exact) mass is 495 g/mol. The van der Waals surface area contributed by atoms with Gasteiger partial charge in [-0.3, -0.25) is 9.69 Å². The average molecular weight is 496 g/mol. The van der Waals surface area contributed by atoms with E-state index in [9.17, 15) is 4.79 Å². The number of para-hydroxylation sites is 1. The van der Waals surface area contributed by atoms with Crippen molar-refractivity contribution in [2.45, 2.75) is 20.8 Å². The van der Waals surface area contributed by atoms with E-state index in [1.54, 1.807) is 11.3 Å². The van der Waals surface area contributed by atoms with E-state index >= 15 is 0 Å². The number of aromatic nitrogens is 1. The second kappa shape index (κ2) is 12.0. The summed E-state index contributed by atoms with van der Waals surface area (Å²) in [5.41, 5.74) is 2.73. The van der Waals surface area contributed by atoms with E-state index in [0.717, 1.165) is 40.7 Å². The van der Waals surface area contributed by atoms with Crippen molar-refractivity contribution in [1.82, 2.24) is 9.88 Å². The third-order valence-electron chi connectivity index (χ3n) is 5.62. The van der Waals surface area contributed by atoms with E-state index in [1.165, 1.54) is 5.56 Å². The Balaban J connectivity index is 0.00000324. The first-order chi connectivity index (χ1) is 16.1. The van der Waals surface area contributed by atoms with Crippen molar-refractivity contribution in [3.63, 3.8) is 0 Å². The molecule has 0 saturated heterocycles. The van der Waals surface area contributed by atoms with Crippen LogP contribution in [-0.2, 0) is 0 Å². The van der Waals surface area contributed by atoms with Crippen molar-refractivity contribution in [3.05, 3.63) is 83.9 Å². The number of halogens is 1. The predicted octanol–water partition coefficient (Wildman–Crippen LogP) is 6.81. The third kappa shape index (κ3) is 6.14. The Morgan fingerprint density at radius 3 is 2.26 bits per heavy atom.